The van der Waals surface area contributed by atoms with E-state index in [-0.39, 0.29) is 16.9 Å². The minimum atomic E-state index is -3.88. The summed E-state index contributed by atoms with van der Waals surface area (Å²) in [5, 5.41) is 8.01. The van der Waals surface area contributed by atoms with Crippen LogP contribution in [0.2, 0.25) is 0 Å². The van der Waals surface area contributed by atoms with Crippen LogP contribution in [0.1, 0.15) is 63.9 Å². The van der Waals surface area contributed by atoms with Crippen molar-refractivity contribution in [3.05, 3.63) is 29.8 Å². The molecule has 2 rings (SSSR count). The Balaban J connectivity index is 1.88. The van der Waals surface area contributed by atoms with Gasteiger partial charge in [0.15, 0.2) is 15.1 Å². The van der Waals surface area contributed by atoms with Gasteiger partial charge in [0.05, 0.1) is 10.5 Å². The monoisotopic (exact) mass is 382 g/mol. The van der Waals surface area contributed by atoms with Gasteiger partial charge in [0, 0.05) is 6.61 Å². The first-order chi connectivity index (χ1) is 12.2. The number of carbonyl (C=O) groups is 1. The fraction of sp³-hybridized carbons (Fsp3) is 0.650. The van der Waals surface area contributed by atoms with Gasteiger partial charge in [-0.2, -0.15) is 0 Å². The van der Waals surface area contributed by atoms with Gasteiger partial charge in [-0.1, -0.05) is 37.0 Å². The smallest absolute Gasteiger partial charge is 0.322 e. The van der Waals surface area contributed by atoms with E-state index < -0.39 is 21.1 Å². The standard InChI is InChI=1S/C20H30O5S/c1-16-9-11-17(12-10-16)26(23,24)18(19(21)22)8-4-7-15-25-20(2)13-5-3-6-14-20/h9-12,18H,3-8,13-15H2,1-2H3,(H,21,22). The van der Waals surface area contributed by atoms with Crippen LogP contribution >= 0.6 is 0 Å². The van der Waals surface area contributed by atoms with E-state index in [1.165, 1.54) is 31.4 Å². The lowest BCUT2D eigenvalue weighted by atomic mass is 9.86. The lowest BCUT2D eigenvalue weighted by molar-refractivity contribution is -0.136. The van der Waals surface area contributed by atoms with Crippen LogP contribution in [0.15, 0.2) is 29.2 Å². The van der Waals surface area contributed by atoms with Gasteiger partial charge < -0.3 is 9.84 Å². The third-order valence-electron chi connectivity index (χ3n) is 5.22. The van der Waals surface area contributed by atoms with Crippen molar-refractivity contribution >= 4 is 15.8 Å². The van der Waals surface area contributed by atoms with Crippen LogP contribution in [0.4, 0.5) is 0 Å². The average molecular weight is 383 g/mol. The molecule has 0 saturated heterocycles. The largest absolute Gasteiger partial charge is 0.480 e. The molecule has 0 bridgehead atoms. The van der Waals surface area contributed by atoms with Gasteiger partial charge in [0.1, 0.15) is 0 Å². The van der Waals surface area contributed by atoms with Crippen molar-refractivity contribution in [3.8, 4) is 0 Å². The quantitative estimate of drug-likeness (QED) is 0.650. The first-order valence-corrected chi connectivity index (χ1v) is 11.0. The highest BCUT2D eigenvalue weighted by molar-refractivity contribution is 7.92. The van der Waals surface area contributed by atoms with Crippen molar-refractivity contribution in [2.24, 2.45) is 0 Å². The fourth-order valence-electron chi connectivity index (χ4n) is 3.50. The molecular formula is C20H30O5S. The van der Waals surface area contributed by atoms with Gasteiger partial charge in [0.2, 0.25) is 0 Å². The third kappa shape index (κ3) is 5.55. The highest BCUT2D eigenvalue weighted by atomic mass is 32.2. The number of rotatable bonds is 9. The maximum atomic E-state index is 12.6. The molecule has 1 unspecified atom stereocenters. The second-order valence-corrected chi connectivity index (χ2v) is 9.67. The Morgan fingerprint density at radius 2 is 1.77 bits per heavy atom. The molecule has 0 amide bonds. The zero-order chi connectivity index (χ0) is 19.2. The molecule has 1 aliphatic rings. The molecular weight excluding hydrogens is 352 g/mol. The molecule has 146 valence electrons. The van der Waals surface area contributed by atoms with Crippen molar-refractivity contribution in [2.75, 3.05) is 6.61 Å². The predicted octanol–water partition coefficient (Wildman–Crippen LogP) is 4.13. The summed E-state index contributed by atoms with van der Waals surface area (Å²) < 4.78 is 31.3. The zero-order valence-corrected chi connectivity index (χ0v) is 16.6. The lowest BCUT2D eigenvalue weighted by Crippen LogP contribution is -2.32. The average Bonchev–Trinajstić information content (AvgIpc) is 2.58. The highest BCUT2D eigenvalue weighted by Crippen LogP contribution is 2.31. The highest BCUT2D eigenvalue weighted by Gasteiger charge is 2.33. The summed E-state index contributed by atoms with van der Waals surface area (Å²) in [7, 11) is -3.88. The number of carboxylic acids is 1. The van der Waals surface area contributed by atoms with Crippen LogP contribution in [0.3, 0.4) is 0 Å². The molecule has 1 aromatic carbocycles. The summed E-state index contributed by atoms with van der Waals surface area (Å²) in [6, 6.07) is 6.33. The molecule has 0 aromatic heterocycles. The second-order valence-electron chi connectivity index (χ2n) is 7.54. The first kappa shape index (κ1) is 20.9. The van der Waals surface area contributed by atoms with Gasteiger partial charge in [-0.25, -0.2) is 8.42 Å². The summed E-state index contributed by atoms with van der Waals surface area (Å²) >= 11 is 0. The Morgan fingerprint density at radius 3 is 2.35 bits per heavy atom. The fourth-order valence-corrected chi connectivity index (χ4v) is 5.08. The minimum Gasteiger partial charge on any atom is -0.480 e. The van der Waals surface area contributed by atoms with Crippen LogP contribution in [0.25, 0.3) is 0 Å². The van der Waals surface area contributed by atoms with Crippen LogP contribution in [-0.4, -0.2) is 37.0 Å². The van der Waals surface area contributed by atoms with Gasteiger partial charge in [-0.3, -0.25) is 4.79 Å². The van der Waals surface area contributed by atoms with E-state index in [0.717, 1.165) is 18.4 Å². The third-order valence-corrected chi connectivity index (χ3v) is 7.34. The van der Waals surface area contributed by atoms with Crippen molar-refractivity contribution in [1.29, 1.82) is 0 Å². The number of carboxylic acid groups (broad SMARTS) is 1. The van der Waals surface area contributed by atoms with E-state index >= 15 is 0 Å². The number of hydrogen-bond donors (Lipinski definition) is 1. The number of aryl methyl sites for hydroxylation is 1. The molecule has 1 N–H and O–H groups in total. The number of sulfone groups is 1. The van der Waals surface area contributed by atoms with Crippen LogP contribution in [-0.2, 0) is 19.4 Å². The molecule has 1 fully saturated rings. The molecule has 0 heterocycles. The summed E-state index contributed by atoms with van der Waals surface area (Å²) in [5.41, 5.74) is 0.863. The van der Waals surface area contributed by atoms with Crippen LogP contribution < -0.4 is 0 Å². The maximum absolute atomic E-state index is 12.6. The normalized spacial score (nSPS) is 18.4. The summed E-state index contributed by atoms with van der Waals surface area (Å²) in [4.78, 5) is 11.6. The lowest BCUT2D eigenvalue weighted by Gasteiger charge is -2.33. The molecule has 1 saturated carbocycles. The van der Waals surface area contributed by atoms with Crippen LogP contribution in [0, 0.1) is 6.92 Å². The molecule has 1 atom stereocenters. The van der Waals surface area contributed by atoms with E-state index in [1.807, 2.05) is 6.92 Å². The van der Waals surface area contributed by atoms with Gasteiger partial charge in [-0.15, -0.1) is 0 Å². The first-order valence-electron chi connectivity index (χ1n) is 9.42. The molecule has 1 aromatic rings. The number of aliphatic carboxylic acids is 1. The van der Waals surface area contributed by atoms with Gasteiger partial charge in [-0.05, 0) is 58.1 Å². The molecule has 0 aliphatic heterocycles. The topological polar surface area (TPSA) is 80.7 Å². The Morgan fingerprint density at radius 1 is 1.15 bits per heavy atom. The zero-order valence-electron chi connectivity index (χ0n) is 15.7. The number of unbranched alkanes of at least 4 members (excludes halogenated alkanes) is 1. The Kier molecular flexibility index (Phi) is 7.24. The summed E-state index contributed by atoms with van der Waals surface area (Å²) in [6.07, 6.45) is 7.04. The minimum absolute atomic E-state index is 0.0708. The predicted molar refractivity (Wildman–Crippen MR) is 101 cm³/mol. The Bertz CT molecular complexity index is 687. The van der Waals surface area contributed by atoms with E-state index in [9.17, 15) is 18.3 Å². The number of hydrogen-bond acceptors (Lipinski definition) is 4. The van der Waals surface area contributed by atoms with Crippen molar-refractivity contribution in [2.45, 2.75) is 81.0 Å². The van der Waals surface area contributed by atoms with Crippen molar-refractivity contribution in [3.63, 3.8) is 0 Å². The van der Waals surface area contributed by atoms with Crippen molar-refractivity contribution in [1.82, 2.24) is 0 Å². The molecule has 0 spiro atoms. The van der Waals surface area contributed by atoms with Gasteiger partial charge in [0.25, 0.3) is 0 Å². The number of ether oxygens (including phenoxy) is 1. The molecule has 6 heteroatoms. The number of benzene rings is 1. The summed E-state index contributed by atoms with van der Waals surface area (Å²) in [6.45, 7) is 4.54. The van der Waals surface area contributed by atoms with E-state index in [4.69, 9.17) is 4.74 Å². The molecule has 26 heavy (non-hydrogen) atoms. The molecule has 5 nitrogen and oxygen atoms in total. The summed E-state index contributed by atoms with van der Waals surface area (Å²) in [5.74, 6) is -1.29. The van der Waals surface area contributed by atoms with Crippen LogP contribution in [0.5, 0.6) is 0 Å². The molecule has 1 aliphatic carbocycles. The van der Waals surface area contributed by atoms with Crippen molar-refractivity contribution < 1.29 is 23.1 Å². The Hall–Kier alpha value is -1.40. The van der Waals surface area contributed by atoms with E-state index in [1.54, 1.807) is 12.1 Å². The maximum Gasteiger partial charge on any atom is 0.322 e. The SMILES string of the molecule is Cc1ccc(S(=O)(=O)C(CCCCOC2(C)CCCCC2)C(=O)O)cc1. The Labute approximate surface area is 156 Å². The van der Waals surface area contributed by atoms with E-state index in [0.29, 0.717) is 19.4 Å². The second kappa shape index (κ2) is 9.00. The molecule has 0 radical (unpaired) electrons. The van der Waals surface area contributed by atoms with Gasteiger partial charge >= 0.3 is 5.97 Å². The van der Waals surface area contributed by atoms with E-state index in [2.05, 4.69) is 6.92 Å².